The van der Waals surface area contributed by atoms with Gasteiger partial charge in [-0.05, 0) is 0 Å². The lowest BCUT2D eigenvalue weighted by molar-refractivity contribution is 0.0103. The molecule has 1 aliphatic heterocycles. The Bertz CT molecular complexity index is 209. The van der Waals surface area contributed by atoms with E-state index in [1.165, 1.54) is 7.11 Å². The van der Waals surface area contributed by atoms with Crippen LogP contribution in [-0.2, 0) is 15.1 Å². The molecule has 1 fully saturated rings. The molecule has 0 aromatic carbocycles. The van der Waals surface area contributed by atoms with Crippen LogP contribution in [0, 0.1) is 0 Å². The maximum Gasteiger partial charge on any atom is 0.374 e. The van der Waals surface area contributed by atoms with Gasteiger partial charge in [0.1, 0.15) is 0 Å². The van der Waals surface area contributed by atoms with Crippen LogP contribution in [0.3, 0.4) is 0 Å². The number of halogens is 1. The minimum atomic E-state index is -4.46. The predicted molar refractivity (Wildman–Crippen MR) is 32.4 cm³/mol. The Morgan fingerprint density at radius 2 is 2.10 bits per heavy atom. The third-order valence-electron chi connectivity index (χ3n) is 1.46. The minimum Gasteiger partial charge on any atom is -0.379 e. The molecule has 0 radical (unpaired) electrons. The normalized spacial score (nSPS) is 22.6. The summed E-state index contributed by atoms with van der Waals surface area (Å²) in [5.74, 6) is 0. The average Bonchev–Trinajstić information content (AvgIpc) is 1.57. The number of rotatable bonds is 2. The van der Waals surface area contributed by atoms with Crippen molar-refractivity contribution in [1.29, 1.82) is 0 Å². The Hall–Kier alpha value is -0.200. The first-order valence-electron chi connectivity index (χ1n) is 2.76. The number of methoxy groups -OCH3 is 1. The smallest absolute Gasteiger partial charge is 0.374 e. The highest BCUT2D eigenvalue weighted by Crippen LogP contribution is 2.15. The molecule has 6 heteroatoms. The van der Waals surface area contributed by atoms with Gasteiger partial charge in [-0.3, -0.25) is 0 Å². The zero-order valence-corrected chi connectivity index (χ0v) is 6.27. The fourth-order valence-electron chi connectivity index (χ4n) is 0.728. The third kappa shape index (κ3) is 1.44. The summed E-state index contributed by atoms with van der Waals surface area (Å²) >= 11 is 0. The van der Waals surface area contributed by atoms with Gasteiger partial charge in [-0.2, -0.15) is 12.7 Å². The summed E-state index contributed by atoms with van der Waals surface area (Å²) < 4.78 is 37.6. The highest BCUT2D eigenvalue weighted by atomic mass is 32.3. The van der Waals surface area contributed by atoms with Gasteiger partial charge in [0.15, 0.2) is 0 Å². The van der Waals surface area contributed by atoms with Gasteiger partial charge < -0.3 is 4.74 Å². The second-order valence-corrected chi connectivity index (χ2v) is 3.46. The molecule has 1 aliphatic rings. The van der Waals surface area contributed by atoms with Crippen LogP contribution >= 0.6 is 0 Å². The molecule has 0 saturated carbocycles. The summed E-state index contributed by atoms with van der Waals surface area (Å²) in [6.45, 7) is 0.269. The van der Waals surface area contributed by atoms with Crippen LogP contribution < -0.4 is 0 Å². The maximum absolute atomic E-state index is 12.0. The lowest BCUT2D eigenvalue weighted by Gasteiger charge is -2.33. The molecule has 0 N–H and O–H groups in total. The molecule has 1 heterocycles. The topological polar surface area (TPSA) is 46.6 Å². The van der Waals surface area contributed by atoms with Gasteiger partial charge in [0, 0.05) is 20.2 Å². The van der Waals surface area contributed by atoms with Crippen LogP contribution in [-0.4, -0.2) is 39.0 Å². The fourth-order valence-corrected chi connectivity index (χ4v) is 1.42. The van der Waals surface area contributed by atoms with Crippen LogP contribution in [0.1, 0.15) is 0 Å². The van der Waals surface area contributed by atoms with Crippen molar-refractivity contribution < 1.29 is 17.0 Å². The SMILES string of the molecule is COC1CN(S(=O)(=O)F)C1. The quantitative estimate of drug-likeness (QED) is 0.525. The van der Waals surface area contributed by atoms with E-state index < -0.39 is 10.4 Å². The van der Waals surface area contributed by atoms with Gasteiger partial charge in [0.05, 0.1) is 6.10 Å². The molecule has 60 valence electrons. The van der Waals surface area contributed by atoms with Crippen molar-refractivity contribution in [3.63, 3.8) is 0 Å². The Kier molecular flexibility index (Phi) is 1.93. The molecule has 0 atom stereocenters. The molecule has 10 heavy (non-hydrogen) atoms. The average molecular weight is 169 g/mol. The van der Waals surface area contributed by atoms with E-state index in [2.05, 4.69) is 0 Å². The first-order chi connectivity index (χ1) is 4.54. The Morgan fingerprint density at radius 1 is 1.60 bits per heavy atom. The number of hydrogen-bond acceptors (Lipinski definition) is 3. The zero-order chi connectivity index (χ0) is 7.78. The molecule has 0 spiro atoms. The molecule has 0 aliphatic carbocycles. The molecule has 0 aromatic rings. The van der Waals surface area contributed by atoms with Crippen molar-refractivity contribution in [2.45, 2.75) is 6.10 Å². The molecular formula is C4H8FNO3S. The van der Waals surface area contributed by atoms with E-state index in [1.54, 1.807) is 0 Å². The molecular weight excluding hydrogens is 161 g/mol. The van der Waals surface area contributed by atoms with Crippen molar-refractivity contribution >= 4 is 10.4 Å². The largest absolute Gasteiger partial charge is 0.379 e. The molecule has 1 rings (SSSR count). The monoisotopic (exact) mass is 169 g/mol. The Balaban J connectivity index is 2.41. The van der Waals surface area contributed by atoms with Crippen molar-refractivity contribution in [2.75, 3.05) is 20.2 Å². The molecule has 4 nitrogen and oxygen atoms in total. The van der Waals surface area contributed by atoms with Gasteiger partial charge >= 0.3 is 10.4 Å². The van der Waals surface area contributed by atoms with Gasteiger partial charge in [-0.25, -0.2) is 0 Å². The Labute approximate surface area is 58.9 Å². The second kappa shape index (κ2) is 2.44. The van der Waals surface area contributed by atoms with Crippen LogP contribution in [0.4, 0.5) is 3.89 Å². The van der Waals surface area contributed by atoms with Crippen molar-refractivity contribution in [3.05, 3.63) is 0 Å². The highest BCUT2D eigenvalue weighted by molar-refractivity contribution is 7.84. The van der Waals surface area contributed by atoms with E-state index >= 15 is 0 Å². The van der Waals surface area contributed by atoms with Crippen molar-refractivity contribution in [3.8, 4) is 0 Å². The third-order valence-corrected chi connectivity index (χ3v) is 2.37. The molecule has 0 bridgehead atoms. The standard InChI is InChI=1S/C4H8FNO3S/c1-9-4-2-6(3-4)10(5,7)8/h4H,2-3H2,1H3. The predicted octanol–water partition coefficient (Wildman–Crippen LogP) is -0.469. The van der Waals surface area contributed by atoms with Crippen LogP contribution in [0.2, 0.25) is 0 Å². The van der Waals surface area contributed by atoms with Gasteiger partial charge in [0.2, 0.25) is 0 Å². The zero-order valence-electron chi connectivity index (χ0n) is 5.45. The molecule has 0 aromatic heterocycles. The highest BCUT2D eigenvalue weighted by Gasteiger charge is 2.35. The molecule has 0 unspecified atom stereocenters. The van der Waals surface area contributed by atoms with Gasteiger partial charge in [0.25, 0.3) is 0 Å². The molecule has 0 amide bonds. The first kappa shape index (κ1) is 7.90. The minimum absolute atomic E-state index is 0.134. The van der Waals surface area contributed by atoms with Gasteiger partial charge in [-0.1, -0.05) is 3.89 Å². The summed E-state index contributed by atoms with van der Waals surface area (Å²) in [6.07, 6.45) is -0.134. The van der Waals surface area contributed by atoms with Crippen LogP contribution in [0.15, 0.2) is 0 Å². The maximum atomic E-state index is 12.0. The van der Waals surface area contributed by atoms with E-state index in [9.17, 15) is 12.3 Å². The summed E-state index contributed by atoms with van der Waals surface area (Å²) in [5.41, 5.74) is 0. The van der Waals surface area contributed by atoms with Gasteiger partial charge in [-0.15, -0.1) is 0 Å². The first-order valence-corrected chi connectivity index (χ1v) is 4.10. The van der Waals surface area contributed by atoms with Crippen molar-refractivity contribution in [1.82, 2.24) is 4.31 Å². The second-order valence-electron chi connectivity index (χ2n) is 2.12. The molecule has 1 saturated heterocycles. The van der Waals surface area contributed by atoms with E-state index in [-0.39, 0.29) is 19.2 Å². The van der Waals surface area contributed by atoms with E-state index in [4.69, 9.17) is 4.74 Å². The Morgan fingerprint density at radius 3 is 2.40 bits per heavy atom. The van der Waals surface area contributed by atoms with E-state index in [1.807, 2.05) is 0 Å². The van der Waals surface area contributed by atoms with E-state index in [0.717, 1.165) is 4.31 Å². The number of ether oxygens (including phenoxy) is 1. The summed E-state index contributed by atoms with van der Waals surface area (Å²) in [7, 11) is -2.99. The van der Waals surface area contributed by atoms with Crippen LogP contribution in [0.5, 0.6) is 0 Å². The lowest BCUT2D eigenvalue weighted by atomic mass is 10.2. The fraction of sp³-hybridized carbons (Fsp3) is 1.00. The number of nitrogens with zero attached hydrogens (tertiary/aromatic N) is 1. The summed E-state index contributed by atoms with van der Waals surface area (Å²) in [4.78, 5) is 0. The summed E-state index contributed by atoms with van der Waals surface area (Å²) in [6, 6.07) is 0. The van der Waals surface area contributed by atoms with Crippen molar-refractivity contribution in [2.24, 2.45) is 0 Å². The van der Waals surface area contributed by atoms with E-state index in [0.29, 0.717) is 0 Å². The summed E-state index contributed by atoms with van der Waals surface area (Å²) in [5, 5.41) is 0. The number of hydrogen-bond donors (Lipinski definition) is 0. The van der Waals surface area contributed by atoms with Crippen LogP contribution in [0.25, 0.3) is 0 Å². The lowest BCUT2D eigenvalue weighted by Crippen LogP contribution is -2.52.